The summed E-state index contributed by atoms with van der Waals surface area (Å²) < 4.78 is 0. The van der Waals surface area contributed by atoms with Crippen LogP contribution in [0.1, 0.15) is 42.9 Å². The Morgan fingerprint density at radius 1 is 1.24 bits per heavy atom. The van der Waals surface area contributed by atoms with Crippen LogP contribution in [-0.2, 0) is 6.54 Å². The first-order valence-corrected chi connectivity index (χ1v) is 6.42. The molecule has 2 rings (SSSR count). The second kappa shape index (κ2) is 5.88. The first-order valence-electron chi connectivity index (χ1n) is 6.42. The molecule has 17 heavy (non-hydrogen) atoms. The van der Waals surface area contributed by atoms with Gasteiger partial charge in [-0.05, 0) is 49.7 Å². The zero-order valence-electron chi connectivity index (χ0n) is 11.2. The molecule has 1 N–H and O–H groups in total. The van der Waals surface area contributed by atoms with Crippen LogP contribution in [0.2, 0.25) is 0 Å². The van der Waals surface area contributed by atoms with Crippen molar-refractivity contribution in [1.29, 1.82) is 0 Å². The zero-order chi connectivity index (χ0) is 11.6. The highest BCUT2D eigenvalue weighted by Gasteiger charge is 2.39. The molecule has 0 unspecified atom stereocenters. The van der Waals surface area contributed by atoms with Crippen LogP contribution in [0.4, 0.5) is 0 Å². The number of rotatable bonds is 5. The predicted octanol–water partition coefficient (Wildman–Crippen LogP) is 4.01. The zero-order valence-corrected chi connectivity index (χ0v) is 12.0. The fraction of sp³-hybridized carbons (Fsp3) is 0.600. The molecule has 1 aliphatic carbocycles. The Kier molecular flexibility index (Phi) is 5.03. The number of nitrogens with one attached hydrogen (secondary N) is 1. The van der Waals surface area contributed by atoms with Gasteiger partial charge in [-0.2, -0.15) is 0 Å². The maximum atomic E-state index is 3.62. The molecule has 0 aromatic heterocycles. The van der Waals surface area contributed by atoms with Gasteiger partial charge >= 0.3 is 0 Å². The summed E-state index contributed by atoms with van der Waals surface area (Å²) in [7, 11) is 0. The van der Waals surface area contributed by atoms with Crippen molar-refractivity contribution in [2.75, 3.05) is 6.54 Å². The van der Waals surface area contributed by atoms with E-state index >= 15 is 0 Å². The minimum Gasteiger partial charge on any atom is -0.312 e. The lowest BCUT2D eigenvalue weighted by atomic mass is 10.0. The van der Waals surface area contributed by atoms with Gasteiger partial charge in [-0.3, -0.25) is 0 Å². The van der Waals surface area contributed by atoms with Gasteiger partial charge in [0.1, 0.15) is 0 Å². The van der Waals surface area contributed by atoms with E-state index in [-0.39, 0.29) is 12.4 Å². The molecule has 0 radical (unpaired) electrons. The molecule has 1 fully saturated rings. The molecule has 1 saturated carbocycles. The van der Waals surface area contributed by atoms with E-state index in [1.54, 1.807) is 0 Å². The summed E-state index contributed by atoms with van der Waals surface area (Å²) in [5.74, 6) is 0. The van der Waals surface area contributed by atoms with Crippen LogP contribution in [0.3, 0.4) is 0 Å². The molecular formula is C15H24ClN. The van der Waals surface area contributed by atoms with Gasteiger partial charge in [-0.25, -0.2) is 0 Å². The average Bonchev–Trinajstić information content (AvgIpc) is 3.04. The summed E-state index contributed by atoms with van der Waals surface area (Å²) >= 11 is 0. The van der Waals surface area contributed by atoms with E-state index in [0.717, 1.165) is 6.54 Å². The molecule has 0 spiro atoms. The third-order valence-corrected chi connectivity index (χ3v) is 4.03. The summed E-state index contributed by atoms with van der Waals surface area (Å²) in [6, 6.07) is 6.71. The Bertz CT molecular complexity index is 369. The molecule has 0 saturated heterocycles. The highest BCUT2D eigenvalue weighted by atomic mass is 35.5. The molecule has 1 aromatic carbocycles. The minimum absolute atomic E-state index is 0. The topological polar surface area (TPSA) is 12.0 Å². The van der Waals surface area contributed by atoms with Gasteiger partial charge in [0.05, 0.1) is 0 Å². The van der Waals surface area contributed by atoms with Crippen molar-refractivity contribution in [3.8, 4) is 0 Å². The third-order valence-electron chi connectivity index (χ3n) is 4.03. The fourth-order valence-corrected chi connectivity index (χ4v) is 2.29. The van der Waals surface area contributed by atoms with Crippen molar-refractivity contribution >= 4 is 12.4 Å². The molecule has 0 atom stereocenters. The van der Waals surface area contributed by atoms with Crippen molar-refractivity contribution in [2.45, 2.75) is 46.6 Å². The van der Waals surface area contributed by atoms with Crippen LogP contribution >= 0.6 is 12.4 Å². The van der Waals surface area contributed by atoms with Gasteiger partial charge < -0.3 is 5.32 Å². The number of hydrogen-bond acceptors (Lipinski definition) is 1. The number of benzene rings is 1. The Morgan fingerprint density at radius 2 is 1.94 bits per heavy atom. The van der Waals surface area contributed by atoms with E-state index in [1.165, 1.54) is 42.5 Å². The minimum atomic E-state index is 0. The second-order valence-corrected chi connectivity index (χ2v) is 5.39. The van der Waals surface area contributed by atoms with Crippen molar-refractivity contribution in [3.05, 3.63) is 34.9 Å². The Hall–Kier alpha value is -0.530. The van der Waals surface area contributed by atoms with Crippen LogP contribution in [-0.4, -0.2) is 6.54 Å². The van der Waals surface area contributed by atoms with Crippen LogP contribution in [0, 0.1) is 19.3 Å². The van der Waals surface area contributed by atoms with Gasteiger partial charge in [0.15, 0.2) is 0 Å². The smallest absolute Gasteiger partial charge is 0.0208 e. The van der Waals surface area contributed by atoms with Crippen LogP contribution in [0.5, 0.6) is 0 Å². The monoisotopic (exact) mass is 253 g/mol. The highest BCUT2D eigenvalue weighted by molar-refractivity contribution is 5.85. The Balaban J connectivity index is 0.00000144. The van der Waals surface area contributed by atoms with Crippen molar-refractivity contribution in [3.63, 3.8) is 0 Å². The maximum Gasteiger partial charge on any atom is 0.0208 e. The molecule has 0 amide bonds. The van der Waals surface area contributed by atoms with E-state index in [2.05, 4.69) is 44.3 Å². The van der Waals surface area contributed by atoms with Crippen LogP contribution in [0.15, 0.2) is 18.2 Å². The molecule has 0 aliphatic heterocycles. The summed E-state index contributed by atoms with van der Waals surface area (Å²) in [6.45, 7) is 8.89. The lowest BCUT2D eigenvalue weighted by Gasteiger charge is -2.14. The predicted molar refractivity (Wildman–Crippen MR) is 76.8 cm³/mol. The number of aryl methyl sites for hydroxylation is 2. The van der Waals surface area contributed by atoms with Crippen molar-refractivity contribution in [1.82, 2.24) is 5.32 Å². The van der Waals surface area contributed by atoms with E-state index in [4.69, 9.17) is 0 Å². The average molecular weight is 254 g/mol. The summed E-state index contributed by atoms with van der Waals surface area (Å²) in [4.78, 5) is 0. The summed E-state index contributed by atoms with van der Waals surface area (Å²) in [5.41, 5.74) is 4.86. The highest BCUT2D eigenvalue weighted by Crippen LogP contribution is 2.47. The Labute approximate surface area is 111 Å². The number of halogens is 1. The van der Waals surface area contributed by atoms with Crippen LogP contribution in [0.25, 0.3) is 0 Å². The fourth-order valence-electron chi connectivity index (χ4n) is 2.29. The van der Waals surface area contributed by atoms with Gasteiger partial charge in [0, 0.05) is 13.1 Å². The van der Waals surface area contributed by atoms with Crippen molar-refractivity contribution < 1.29 is 0 Å². The molecule has 2 heteroatoms. The molecule has 1 aliphatic rings. The maximum absolute atomic E-state index is 3.62. The molecule has 1 aromatic rings. The second-order valence-electron chi connectivity index (χ2n) is 5.39. The molecule has 1 nitrogen and oxygen atoms in total. The van der Waals surface area contributed by atoms with E-state index in [1.807, 2.05) is 0 Å². The van der Waals surface area contributed by atoms with Gasteiger partial charge in [-0.15, -0.1) is 12.4 Å². The quantitative estimate of drug-likeness (QED) is 0.836. The standard InChI is InChI=1S/C15H23N.ClH/c1-4-15(7-8-15)11-16-10-14-9-12(2)5-6-13(14)3;/h5-6,9,16H,4,7-8,10-11H2,1-3H3;1H. The lowest BCUT2D eigenvalue weighted by Crippen LogP contribution is -2.23. The van der Waals surface area contributed by atoms with Gasteiger partial charge in [0.25, 0.3) is 0 Å². The van der Waals surface area contributed by atoms with Gasteiger partial charge in [-0.1, -0.05) is 30.7 Å². The first kappa shape index (κ1) is 14.5. The van der Waals surface area contributed by atoms with E-state index in [9.17, 15) is 0 Å². The molecule has 0 bridgehead atoms. The van der Waals surface area contributed by atoms with Crippen LogP contribution < -0.4 is 5.32 Å². The first-order chi connectivity index (χ1) is 7.65. The van der Waals surface area contributed by atoms with Gasteiger partial charge in [0.2, 0.25) is 0 Å². The third kappa shape index (κ3) is 3.72. The van der Waals surface area contributed by atoms with E-state index < -0.39 is 0 Å². The lowest BCUT2D eigenvalue weighted by molar-refractivity contribution is 0.443. The normalized spacial score (nSPS) is 16.4. The summed E-state index contributed by atoms with van der Waals surface area (Å²) in [6.07, 6.45) is 4.17. The molecule has 0 heterocycles. The van der Waals surface area contributed by atoms with Crippen molar-refractivity contribution in [2.24, 2.45) is 5.41 Å². The van der Waals surface area contributed by atoms with E-state index in [0.29, 0.717) is 5.41 Å². The molecular weight excluding hydrogens is 230 g/mol. The largest absolute Gasteiger partial charge is 0.312 e. The summed E-state index contributed by atoms with van der Waals surface area (Å²) in [5, 5.41) is 3.62. The molecule has 96 valence electrons. The SMILES string of the molecule is CCC1(CNCc2cc(C)ccc2C)CC1.Cl. The number of hydrogen-bond donors (Lipinski definition) is 1. The Morgan fingerprint density at radius 3 is 2.53 bits per heavy atom.